The van der Waals surface area contributed by atoms with Gasteiger partial charge >= 0.3 is 0 Å². The molecule has 5 N–H and O–H groups in total. The van der Waals surface area contributed by atoms with E-state index in [1.165, 1.54) is 23.1 Å². The normalized spacial score (nSPS) is 11.8. The lowest BCUT2D eigenvalue weighted by molar-refractivity contribution is -0.116. The van der Waals surface area contributed by atoms with Crippen molar-refractivity contribution in [2.75, 3.05) is 10.6 Å². The van der Waals surface area contributed by atoms with E-state index in [0.717, 1.165) is 10.5 Å². The van der Waals surface area contributed by atoms with Gasteiger partial charge in [0.05, 0.1) is 16.5 Å². The van der Waals surface area contributed by atoms with Gasteiger partial charge in [0.15, 0.2) is 0 Å². The van der Waals surface area contributed by atoms with Crippen molar-refractivity contribution in [3.8, 4) is 0 Å². The average Bonchev–Trinajstić information content (AvgIpc) is 3.49. The van der Waals surface area contributed by atoms with Crippen LogP contribution in [0.3, 0.4) is 0 Å². The Bertz CT molecular complexity index is 1570. The molecule has 0 saturated heterocycles. The van der Waals surface area contributed by atoms with Crippen molar-refractivity contribution in [1.82, 2.24) is 5.32 Å². The average molecular weight is 585 g/mol. The van der Waals surface area contributed by atoms with Gasteiger partial charge in [-0.05, 0) is 77.4 Å². The molecule has 0 aliphatic heterocycles. The quantitative estimate of drug-likeness (QED) is 0.131. The second-order valence-electron chi connectivity index (χ2n) is 8.83. The number of primary amides is 1. The Morgan fingerprint density at radius 1 is 0.927 bits per heavy atom. The summed E-state index contributed by atoms with van der Waals surface area (Å²) >= 11 is 2.81. The molecule has 0 aliphatic rings. The van der Waals surface area contributed by atoms with Crippen molar-refractivity contribution in [1.29, 1.82) is 0 Å². The molecule has 1 atom stereocenters. The second kappa shape index (κ2) is 14.1. The lowest BCUT2D eigenvalue weighted by atomic mass is 10.1. The van der Waals surface area contributed by atoms with E-state index in [0.29, 0.717) is 23.4 Å². The zero-order valence-corrected chi connectivity index (χ0v) is 23.8. The molecule has 1 aromatic heterocycles. The van der Waals surface area contributed by atoms with Gasteiger partial charge in [0.1, 0.15) is 5.70 Å². The Kier molecular flexibility index (Phi) is 10.1. The molecule has 0 fully saturated rings. The standard InChI is InChI=1S/C31H28N4O4S2/c1-2-27(31(39)34-25-14-7-6-13-24(25)28(32)36)41-23-12-8-11-22(18-23)33-30(38)26(17-20-15-16-40-19-20)35-29(37)21-9-4-3-5-10-21/h3-19,27H,2H2,1H3,(H2,32,36)(H,33,38)(H,34,39)(H,35,37)/b26-17+. The van der Waals surface area contributed by atoms with Crippen molar-refractivity contribution in [2.45, 2.75) is 23.5 Å². The molecule has 0 radical (unpaired) electrons. The fraction of sp³-hybridized carbons (Fsp3) is 0.0968. The molecule has 8 nitrogen and oxygen atoms in total. The van der Waals surface area contributed by atoms with Gasteiger partial charge in [-0.25, -0.2) is 0 Å². The summed E-state index contributed by atoms with van der Waals surface area (Å²) in [5.41, 5.74) is 7.83. The number of nitrogens with one attached hydrogen (secondary N) is 3. The second-order valence-corrected chi connectivity index (χ2v) is 10.9. The third-order valence-electron chi connectivity index (χ3n) is 5.87. The number of thioether (sulfide) groups is 1. The Morgan fingerprint density at radius 2 is 1.68 bits per heavy atom. The van der Waals surface area contributed by atoms with Crippen LogP contribution in [0.15, 0.2) is 106 Å². The molecule has 0 saturated carbocycles. The minimum Gasteiger partial charge on any atom is -0.366 e. The van der Waals surface area contributed by atoms with Crippen molar-refractivity contribution >= 4 is 64.2 Å². The van der Waals surface area contributed by atoms with Gasteiger partial charge in [-0.2, -0.15) is 11.3 Å². The van der Waals surface area contributed by atoms with Crippen LogP contribution in [-0.4, -0.2) is 28.9 Å². The number of amides is 4. The van der Waals surface area contributed by atoms with Crippen LogP contribution in [0.4, 0.5) is 11.4 Å². The summed E-state index contributed by atoms with van der Waals surface area (Å²) in [5.74, 6) is -1.79. The molecule has 4 amide bonds. The monoisotopic (exact) mass is 584 g/mol. The summed E-state index contributed by atoms with van der Waals surface area (Å²) in [6.07, 6.45) is 2.14. The number of benzene rings is 3. The van der Waals surface area contributed by atoms with E-state index >= 15 is 0 Å². The summed E-state index contributed by atoms with van der Waals surface area (Å²) in [6.45, 7) is 1.89. The first-order valence-corrected chi connectivity index (χ1v) is 14.5. The molecule has 10 heteroatoms. The fourth-order valence-corrected chi connectivity index (χ4v) is 5.45. The Labute approximate surface area is 246 Å². The molecule has 208 valence electrons. The highest BCUT2D eigenvalue weighted by molar-refractivity contribution is 8.00. The van der Waals surface area contributed by atoms with E-state index in [1.807, 2.05) is 35.9 Å². The lowest BCUT2D eigenvalue weighted by Gasteiger charge is -2.17. The highest BCUT2D eigenvalue weighted by Gasteiger charge is 2.21. The predicted molar refractivity (Wildman–Crippen MR) is 165 cm³/mol. The summed E-state index contributed by atoms with van der Waals surface area (Å²) in [7, 11) is 0. The Hall–Kier alpha value is -4.67. The predicted octanol–water partition coefficient (Wildman–Crippen LogP) is 5.77. The molecule has 0 bridgehead atoms. The lowest BCUT2D eigenvalue weighted by Crippen LogP contribution is -2.30. The van der Waals surface area contributed by atoms with E-state index in [4.69, 9.17) is 5.73 Å². The SMILES string of the molecule is CCC(Sc1cccc(NC(=O)/C(=C\c2ccsc2)NC(=O)c2ccccc2)c1)C(=O)Nc1ccccc1C(N)=O. The number of nitrogens with two attached hydrogens (primary N) is 1. The minimum absolute atomic E-state index is 0.0919. The summed E-state index contributed by atoms with van der Waals surface area (Å²) in [5, 5.41) is 11.7. The Morgan fingerprint density at radius 3 is 2.39 bits per heavy atom. The smallest absolute Gasteiger partial charge is 0.272 e. The van der Waals surface area contributed by atoms with Gasteiger partial charge in [-0.3, -0.25) is 19.2 Å². The van der Waals surface area contributed by atoms with Crippen LogP contribution in [0.2, 0.25) is 0 Å². The van der Waals surface area contributed by atoms with Crippen LogP contribution >= 0.6 is 23.1 Å². The molecule has 1 heterocycles. The fourth-order valence-electron chi connectivity index (χ4n) is 3.82. The molecule has 41 heavy (non-hydrogen) atoms. The van der Waals surface area contributed by atoms with Gasteiger partial charge < -0.3 is 21.7 Å². The van der Waals surface area contributed by atoms with E-state index in [9.17, 15) is 19.2 Å². The van der Waals surface area contributed by atoms with Gasteiger partial charge in [-0.15, -0.1) is 11.8 Å². The largest absolute Gasteiger partial charge is 0.366 e. The number of carbonyl (C=O) groups is 4. The summed E-state index contributed by atoms with van der Waals surface area (Å²) < 4.78 is 0. The number of thiophene rings is 1. The zero-order chi connectivity index (χ0) is 29.2. The first-order valence-electron chi connectivity index (χ1n) is 12.7. The van der Waals surface area contributed by atoms with Crippen molar-refractivity contribution in [2.24, 2.45) is 5.73 Å². The van der Waals surface area contributed by atoms with Crippen LogP contribution in [0.25, 0.3) is 6.08 Å². The molecule has 0 spiro atoms. The molecule has 4 rings (SSSR count). The van der Waals surface area contributed by atoms with Crippen molar-refractivity contribution in [3.05, 3.63) is 118 Å². The maximum absolute atomic E-state index is 13.3. The Balaban J connectivity index is 1.47. The van der Waals surface area contributed by atoms with E-state index in [2.05, 4.69) is 16.0 Å². The number of anilines is 2. The molecular weight excluding hydrogens is 556 g/mol. The van der Waals surface area contributed by atoms with Gasteiger partial charge in [0.2, 0.25) is 5.91 Å². The maximum Gasteiger partial charge on any atom is 0.272 e. The van der Waals surface area contributed by atoms with Gasteiger partial charge in [-0.1, -0.05) is 43.3 Å². The number of hydrogen-bond acceptors (Lipinski definition) is 6. The van der Waals surface area contributed by atoms with Crippen LogP contribution in [0, 0.1) is 0 Å². The van der Waals surface area contributed by atoms with Crippen LogP contribution in [0.1, 0.15) is 39.6 Å². The highest BCUT2D eigenvalue weighted by atomic mass is 32.2. The van der Waals surface area contributed by atoms with E-state index in [1.54, 1.807) is 72.8 Å². The molecular formula is C31H28N4O4S2. The van der Waals surface area contributed by atoms with Gasteiger partial charge in [0, 0.05) is 16.1 Å². The summed E-state index contributed by atoms with van der Waals surface area (Å²) in [4.78, 5) is 51.6. The maximum atomic E-state index is 13.3. The van der Waals surface area contributed by atoms with E-state index in [-0.39, 0.29) is 17.2 Å². The molecule has 4 aromatic rings. The van der Waals surface area contributed by atoms with Crippen LogP contribution < -0.4 is 21.7 Å². The molecule has 1 unspecified atom stereocenters. The van der Waals surface area contributed by atoms with Crippen LogP contribution in [-0.2, 0) is 9.59 Å². The minimum atomic E-state index is -0.627. The number of hydrogen-bond donors (Lipinski definition) is 4. The highest BCUT2D eigenvalue weighted by Crippen LogP contribution is 2.29. The van der Waals surface area contributed by atoms with Crippen molar-refractivity contribution in [3.63, 3.8) is 0 Å². The van der Waals surface area contributed by atoms with Gasteiger partial charge in [0.25, 0.3) is 17.7 Å². The summed E-state index contributed by atoms with van der Waals surface area (Å²) in [6, 6.07) is 24.2. The topological polar surface area (TPSA) is 130 Å². The number of para-hydroxylation sites is 1. The number of rotatable bonds is 11. The van der Waals surface area contributed by atoms with E-state index < -0.39 is 23.0 Å². The van der Waals surface area contributed by atoms with Crippen molar-refractivity contribution < 1.29 is 19.2 Å². The molecule has 0 aliphatic carbocycles. The first kappa shape index (κ1) is 29.3. The third-order valence-corrected chi connectivity index (χ3v) is 7.93. The zero-order valence-electron chi connectivity index (χ0n) is 22.1. The number of carbonyl (C=O) groups excluding carboxylic acids is 4. The van der Waals surface area contributed by atoms with Crippen LogP contribution in [0.5, 0.6) is 0 Å². The molecule has 3 aromatic carbocycles. The first-order chi connectivity index (χ1) is 19.8. The third kappa shape index (κ3) is 8.17.